The van der Waals surface area contributed by atoms with Gasteiger partial charge in [0.15, 0.2) is 11.6 Å². The average molecular weight is 312 g/mol. The molecule has 0 fully saturated rings. The van der Waals surface area contributed by atoms with Crippen LogP contribution < -0.4 is 4.74 Å². The highest BCUT2D eigenvalue weighted by Gasteiger charge is 2.17. The highest BCUT2D eigenvalue weighted by atomic mass is 79.9. The Kier molecular flexibility index (Phi) is 3.57. The van der Waals surface area contributed by atoms with Gasteiger partial charge < -0.3 is 9.84 Å². The summed E-state index contributed by atoms with van der Waals surface area (Å²) in [6.45, 7) is 0. The van der Waals surface area contributed by atoms with Crippen molar-refractivity contribution in [2.45, 2.75) is 0 Å². The molecule has 2 aromatic rings. The summed E-state index contributed by atoms with van der Waals surface area (Å²) < 4.78 is 19.0. The van der Waals surface area contributed by atoms with Crippen molar-refractivity contribution in [1.29, 1.82) is 0 Å². The van der Waals surface area contributed by atoms with Crippen LogP contribution in [-0.4, -0.2) is 16.1 Å². The molecule has 0 aliphatic heterocycles. The lowest BCUT2D eigenvalue weighted by atomic mass is 10.2. The molecule has 0 saturated heterocycles. The van der Waals surface area contributed by atoms with E-state index >= 15 is 0 Å². The molecule has 1 aromatic carbocycles. The van der Waals surface area contributed by atoms with Gasteiger partial charge in [-0.15, -0.1) is 0 Å². The second-order valence-corrected chi connectivity index (χ2v) is 4.13. The molecule has 0 aliphatic carbocycles. The number of hydrogen-bond acceptors (Lipinski definition) is 3. The highest BCUT2D eigenvalue weighted by molar-refractivity contribution is 9.10. The van der Waals surface area contributed by atoms with E-state index in [9.17, 15) is 9.18 Å². The molecule has 0 radical (unpaired) electrons. The lowest BCUT2D eigenvalue weighted by Crippen LogP contribution is -2.00. The first-order valence-corrected chi connectivity index (χ1v) is 5.68. The smallest absolute Gasteiger partial charge is 0.336 e. The quantitative estimate of drug-likeness (QED) is 0.943. The van der Waals surface area contributed by atoms with E-state index in [1.54, 1.807) is 18.3 Å². The maximum atomic E-state index is 13.9. The zero-order valence-corrected chi connectivity index (χ0v) is 10.5. The summed E-state index contributed by atoms with van der Waals surface area (Å²) in [7, 11) is 0. The number of aromatic nitrogens is 1. The molecule has 1 aromatic heterocycles. The molecule has 4 nitrogen and oxygen atoms in total. The van der Waals surface area contributed by atoms with Gasteiger partial charge in [0.25, 0.3) is 0 Å². The van der Waals surface area contributed by atoms with Gasteiger partial charge in [0.05, 0.1) is 16.2 Å². The van der Waals surface area contributed by atoms with Crippen LogP contribution in [0.25, 0.3) is 0 Å². The van der Waals surface area contributed by atoms with Gasteiger partial charge in [-0.2, -0.15) is 0 Å². The van der Waals surface area contributed by atoms with Crippen molar-refractivity contribution in [3.05, 3.63) is 52.5 Å². The van der Waals surface area contributed by atoms with E-state index in [-0.39, 0.29) is 15.8 Å². The SMILES string of the molecule is O=C(O)c1ccc(Oc2cccnc2)c(F)c1Br. The van der Waals surface area contributed by atoms with Crippen molar-refractivity contribution in [1.82, 2.24) is 4.98 Å². The zero-order chi connectivity index (χ0) is 13.1. The van der Waals surface area contributed by atoms with Crippen LogP contribution in [-0.2, 0) is 0 Å². The third kappa shape index (κ3) is 2.48. The van der Waals surface area contributed by atoms with Gasteiger partial charge in [-0.1, -0.05) is 0 Å². The lowest BCUT2D eigenvalue weighted by molar-refractivity contribution is 0.0695. The molecule has 0 spiro atoms. The molecule has 18 heavy (non-hydrogen) atoms. The molecule has 92 valence electrons. The summed E-state index contributed by atoms with van der Waals surface area (Å²) in [4.78, 5) is 14.6. The minimum Gasteiger partial charge on any atom is -0.478 e. The molecule has 1 N–H and O–H groups in total. The Labute approximate surface area is 110 Å². The van der Waals surface area contributed by atoms with Crippen LogP contribution in [0.4, 0.5) is 4.39 Å². The standard InChI is InChI=1S/C12H7BrFNO3/c13-10-8(12(16)17)3-4-9(11(10)14)18-7-2-1-5-15-6-7/h1-6H,(H,16,17). The van der Waals surface area contributed by atoms with E-state index in [2.05, 4.69) is 20.9 Å². The summed E-state index contributed by atoms with van der Waals surface area (Å²) in [5.74, 6) is -1.68. The van der Waals surface area contributed by atoms with E-state index < -0.39 is 11.8 Å². The van der Waals surface area contributed by atoms with Gasteiger partial charge in [-0.05, 0) is 40.2 Å². The number of pyridine rings is 1. The Bertz CT molecular complexity index is 589. The molecule has 0 atom stereocenters. The second kappa shape index (κ2) is 5.14. The van der Waals surface area contributed by atoms with E-state index in [0.29, 0.717) is 5.75 Å². The number of halogens is 2. The maximum Gasteiger partial charge on any atom is 0.336 e. The number of aromatic carboxylic acids is 1. The Hall–Kier alpha value is -1.95. The third-order valence-electron chi connectivity index (χ3n) is 2.14. The van der Waals surface area contributed by atoms with Crippen molar-refractivity contribution in [3.63, 3.8) is 0 Å². The van der Waals surface area contributed by atoms with Crippen molar-refractivity contribution in [2.24, 2.45) is 0 Å². The first-order valence-electron chi connectivity index (χ1n) is 4.89. The number of benzene rings is 1. The van der Waals surface area contributed by atoms with E-state index in [0.717, 1.165) is 0 Å². The molecule has 0 aliphatic rings. The fraction of sp³-hybridized carbons (Fsp3) is 0. The molecule has 0 amide bonds. The monoisotopic (exact) mass is 311 g/mol. The number of ether oxygens (including phenoxy) is 1. The van der Waals surface area contributed by atoms with Gasteiger partial charge in [0.2, 0.25) is 0 Å². The Morgan fingerprint density at radius 3 is 2.78 bits per heavy atom. The summed E-state index contributed by atoms with van der Waals surface area (Å²) in [6.07, 6.45) is 2.99. The predicted molar refractivity (Wildman–Crippen MR) is 65.4 cm³/mol. The van der Waals surface area contributed by atoms with Crippen molar-refractivity contribution in [2.75, 3.05) is 0 Å². The van der Waals surface area contributed by atoms with Crippen LogP contribution in [0, 0.1) is 5.82 Å². The lowest BCUT2D eigenvalue weighted by Gasteiger charge is -2.08. The number of carboxylic acid groups (broad SMARTS) is 1. The first kappa shape index (κ1) is 12.5. The molecular weight excluding hydrogens is 305 g/mol. The van der Waals surface area contributed by atoms with E-state index in [1.165, 1.54) is 18.3 Å². The van der Waals surface area contributed by atoms with Crippen molar-refractivity contribution in [3.8, 4) is 11.5 Å². The van der Waals surface area contributed by atoms with Crippen LogP contribution >= 0.6 is 15.9 Å². The fourth-order valence-corrected chi connectivity index (χ4v) is 1.81. The topological polar surface area (TPSA) is 59.4 Å². The molecule has 6 heteroatoms. The summed E-state index contributed by atoms with van der Waals surface area (Å²) in [5, 5.41) is 8.82. The number of rotatable bonds is 3. The van der Waals surface area contributed by atoms with Crippen molar-refractivity contribution >= 4 is 21.9 Å². The number of nitrogens with zero attached hydrogens (tertiary/aromatic N) is 1. The van der Waals surface area contributed by atoms with E-state index in [1.807, 2.05) is 0 Å². The minimum absolute atomic E-state index is 0.0696. The summed E-state index contributed by atoms with van der Waals surface area (Å²) in [5.41, 5.74) is -0.161. The van der Waals surface area contributed by atoms with Crippen LogP contribution in [0.15, 0.2) is 41.1 Å². The van der Waals surface area contributed by atoms with Gasteiger partial charge in [-0.3, -0.25) is 4.98 Å². The Balaban J connectivity index is 2.36. The normalized spacial score (nSPS) is 10.1. The van der Waals surface area contributed by atoms with Gasteiger partial charge in [0, 0.05) is 6.20 Å². The van der Waals surface area contributed by atoms with Gasteiger partial charge >= 0.3 is 5.97 Å². The predicted octanol–water partition coefficient (Wildman–Crippen LogP) is 3.47. The molecular formula is C12H7BrFNO3. The third-order valence-corrected chi connectivity index (χ3v) is 2.91. The van der Waals surface area contributed by atoms with Crippen LogP contribution in [0.3, 0.4) is 0 Å². The van der Waals surface area contributed by atoms with Crippen LogP contribution in [0.1, 0.15) is 10.4 Å². The zero-order valence-electron chi connectivity index (χ0n) is 8.93. The van der Waals surface area contributed by atoms with Crippen molar-refractivity contribution < 1.29 is 19.0 Å². The highest BCUT2D eigenvalue weighted by Crippen LogP contribution is 2.31. The molecule has 2 rings (SSSR count). The Morgan fingerprint density at radius 1 is 1.39 bits per heavy atom. The summed E-state index contributed by atoms with van der Waals surface area (Å²) in [6, 6.07) is 5.79. The van der Waals surface area contributed by atoms with Crippen LogP contribution in [0.5, 0.6) is 11.5 Å². The molecule has 0 unspecified atom stereocenters. The van der Waals surface area contributed by atoms with Gasteiger partial charge in [0.1, 0.15) is 5.75 Å². The first-order chi connectivity index (χ1) is 8.59. The van der Waals surface area contributed by atoms with Gasteiger partial charge in [-0.25, -0.2) is 9.18 Å². The second-order valence-electron chi connectivity index (χ2n) is 3.34. The minimum atomic E-state index is -1.21. The molecule has 0 saturated carbocycles. The average Bonchev–Trinajstić information content (AvgIpc) is 2.36. The maximum absolute atomic E-state index is 13.9. The van der Waals surface area contributed by atoms with E-state index in [4.69, 9.17) is 9.84 Å². The number of carboxylic acids is 1. The molecule has 0 bridgehead atoms. The Morgan fingerprint density at radius 2 is 2.17 bits per heavy atom. The van der Waals surface area contributed by atoms with Crippen LogP contribution in [0.2, 0.25) is 0 Å². The largest absolute Gasteiger partial charge is 0.478 e. The number of carbonyl (C=O) groups is 1. The summed E-state index contributed by atoms with van der Waals surface area (Å²) >= 11 is 2.89. The fourth-order valence-electron chi connectivity index (χ4n) is 1.31. The number of hydrogen-bond donors (Lipinski definition) is 1. The molecule has 1 heterocycles.